The van der Waals surface area contributed by atoms with Gasteiger partial charge in [0.25, 0.3) is 0 Å². The van der Waals surface area contributed by atoms with E-state index in [-0.39, 0.29) is 5.91 Å². The molecule has 1 aliphatic carbocycles. The molecule has 2 aromatic rings. The third-order valence-corrected chi connectivity index (χ3v) is 9.87. The molecule has 0 unspecified atom stereocenters. The molecule has 7 nitrogen and oxygen atoms in total. The number of sulfonamides is 1. The number of thiophene rings is 1. The van der Waals surface area contributed by atoms with Crippen molar-refractivity contribution in [3.8, 4) is 0 Å². The van der Waals surface area contributed by atoms with Crippen molar-refractivity contribution in [2.45, 2.75) is 56.3 Å². The first-order chi connectivity index (χ1) is 14.3. The molecule has 4 rings (SSSR count). The summed E-state index contributed by atoms with van der Waals surface area (Å²) in [7, 11) is -1.88. The van der Waals surface area contributed by atoms with Gasteiger partial charge in [-0.15, -0.1) is 11.3 Å². The number of amides is 1. The highest BCUT2D eigenvalue weighted by Crippen LogP contribution is 2.44. The van der Waals surface area contributed by atoms with Gasteiger partial charge in [0, 0.05) is 38.1 Å². The molecule has 3 heterocycles. The lowest BCUT2D eigenvalue weighted by atomic mass is 9.82. The summed E-state index contributed by atoms with van der Waals surface area (Å²) in [6, 6.07) is 4.10. The van der Waals surface area contributed by atoms with Gasteiger partial charge in [-0.1, -0.05) is 18.9 Å². The largest absolute Gasteiger partial charge is 0.341 e. The first-order valence-electron chi connectivity index (χ1n) is 10.6. The quantitative estimate of drug-likeness (QED) is 0.718. The molecule has 0 aromatic carbocycles. The van der Waals surface area contributed by atoms with Crippen molar-refractivity contribution < 1.29 is 13.2 Å². The van der Waals surface area contributed by atoms with Crippen LogP contribution < -0.4 is 0 Å². The van der Waals surface area contributed by atoms with Gasteiger partial charge in [-0.2, -0.15) is 9.40 Å². The highest BCUT2D eigenvalue weighted by atomic mass is 32.2. The van der Waals surface area contributed by atoms with Crippen molar-refractivity contribution in [1.29, 1.82) is 0 Å². The van der Waals surface area contributed by atoms with Gasteiger partial charge in [-0.05, 0) is 44.6 Å². The highest BCUT2D eigenvalue weighted by molar-refractivity contribution is 7.89. The van der Waals surface area contributed by atoms with Gasteiger partial charge in [-0.3, -0.25) is 9.48 Å². The Morgan fingerprint density at radius 2 is 1.83 bits per heavy atom. The number of carbonyl (C=O) groups is 1. The van der Waals surface area contributed by atoms with E-state index < -0.39 is 15.4 Å². The number of aryl methyl sites for hydroxylation is 2. The molecule has 1 saturated heterocycles. The second-order valence-corrected chi connectivity index (χ2v) is 11.3. The number of nitrogens with zero attached hydrogens (tertiary/aromatic N) is 4. The third-order valence-electron chi connectivity index (χ3n) is 6.64. The normalized spacial score (nSPS) is 20.4. The standard InChI is InChI=1S/C21H30N4O3S2/c1-16-19(17(2)23(3)22-16)30(27,28)25-12-7-11-24(13-14-25)20(26)21(9-4-5-10-21)18-8-6-15-29-18/h6,8,15H,4-5,7,9-14H2,1-3H3. The monoisotopic (exact) mass is 450 g/mol. The fraction of sp³-hybridized carbons (Fsp3) is 0.619. The molecule has 2 fully saturated rings. The van der Waals surface area contributed by atoms with Gasteiger partial charge < -0.3 is 4.90 Å². The van der Waals surface area contributed by atoms with Gasteiger partial charge in [-0.25, -0.2) is 8.42 Å². The molecule has 2 aromatic heterocycles. The Hall–Kier alpha value is -1.71. The van der Waals surface area contributed by atoms with Crippen LogP contribution in [0.25, 0.3) is 0 Å². The maximum Gasteiger partial charge on any atom is 0.246 e. The zero-order valence-corrected chi connectivity index (χ0v) is 19.6. The van der Waals surface area contributed by atoms with E-state index in [9.17, 15) is 13.2 Å². The minimum absolute atomic E-state index is 0.176. The van der Waals surface area contributed by atoms with Gasteiger partial charge >= 0.3 is 0 Å². The van der Waals surface area contributed by atoms with E-state index >= 15 is 0 Å². The minimum atomic E-state index is -3.64. The van der Waals surface area contributed by atoms with E-state index in [1.54, 1.807) is 36.9 Å². The SMILES string of the molecule is Cc1nn(C)c(C)c1S(=O)(=O)N1CCCN(C(=O)C2(c3cccs3)CCCC2)CC1. The van der Waals surface area contributed by atoms with Crippen LogP contribution in [0.3, 0.4) is 0 Å². The minimum Gasteiger partial charge on any atom is -0.341 e. The molecule has 1 aliphatic heterocycles. The molecule has 0 bridgehead atoms. The van der Waals surface area contributed by atoms with E-state index in [1.807, 2.05) is 16.3 Å². The second-order valence-electron chi connectivity index (χ2n) is 8.44. The third kappa shape index (κ3) is 3.50. The van der Waals surface area contributed by atoms with Crippen LogP contribution in [0.15, 0.2) is 22.4 Å². The van der Waals surface area contributed by atoms with Gasteiger partial charge in [0.2, 0.25) is 15.9 Å². The number of hydrogen-bond acceptors (Lipinski definition) is 5. The average molecular weight is 451 g/mol. The van der Waals surface area contributed by atoms with E-state index in [2.05, 4.69) is 11.2 Å². The molecule has 0 atom stereocenters. The molecule has 9 heteroatoms. The second kappa shape index (κ2) is 8.09. The van der Waals surface area contributed by atoms with Crippen LogP contribution in [0.4, 0.5) is 0 Å². The molecular weight excluding hydrogens is 420 g/mol. The summed E-state index contributed by atoms with van der Waals surface area (Å²) in [6.45, 7) is 5.30. The zero-order valence-electron chi connectivity index (χ0n) is 17.9. The molecule has 164 valence electrons. The number of hydrogen-bond donors (Lipinski definition) is 0. The Morgan fingerprint density at radius 3 is 2.43 bits per heavy atom. The number of aromatic nitrogens is 2. The van der Waals surface area contributed by atoms with Crippen LogP contribution in [0, 0.1) is 13.8 Å². The Balaban J connectivity index is 1.55. The summed E-state index contributed by atoms with van der Waals surface area (Å²) in [5, 5.41) is 6.32. The Bertz CT molecular complexity index is 1020. The van der Waals surface area contributed by atoms with Crippen LogP contribution in [0.1, 0.15) is 48.4 Å². The highest BCUT2D eigenvalue weighted by Gasteiger charge is 2.46. The van der Waals surface area contributed by atoms with Crippen LogP contribution in [0.2, 0.25) is 0 Å². The summed E-state index contributed by atoms with van der Waals surface area (Å²) in [5.74, 6) is 0.176. The molecule has 0 spiro atoms. The van der Waals surface area contributed by atoms with Crippen LogP contribution in [-0.4, -0.2) is 59.5 Å². The molecule has 0 radical (unpaired) electrons. The van der Waals surface area contributed by atoms with Gasteiger partial charge in [0.15, 0.2) is 0 Å². The Kier molecular flexibility index (Phi) is 5.80. The summed E-state index contributed by atoms with van der Waals surface area (Å²) < 4.78 is 29.8. The molecule has 2 aliphatic rings. The van der Waals surface area contributed by atoms with Crippen molar-refractivity contribution in [1.82, 2.24) is 19.0 Å². The molecule has 30 heavy (non-hydrogen) atoms. The van der Waals surface area contributed by atoms with Crippen LogP contribution >= 0.6 is 11.3 Å². The van der Waals surface area contributed by atoms with Crippen molar-refractivity contribution in [3.63, 3.8) is 0 Å². The molecule has 0 N–H and O–H groups in total. The first-order valence-corrected chi connectivity index (χ1v) is 12.9. The summed E-state index contributed by atoms with van der Waals surface area (Å²) in [4.78, 5) is 17.0. The van der Waals surface area contributed by atoms with Gasteiger partial charge in [0.1, 0.15) is 4.90 Å². The maximum atomic E-state index is 13.7. The number of rotatable bonds is 4. The first kappa shape index (κ1) is 21.5. The predicted octanol–water partition coefficient (Wildman–Crippen LogP) is 2.83. The maximum absolute atomic E-state index is 13.7. The number of carbonyl (C=O) groups excluding carboxylic acids is 1. The lowest BCUT2D eigenvalue weighted by molar-refractivity contribution is -0.137. The van der Waals surface area contributed by atoms with E-state index in [1.165, 1.54) is 4.31 Å². The van der Waals surface area contributed by atoms with Crippen molar-refractivity contribution in [2.75, 3.05) is 26.2 Å². The molecule has 1 amide bonds. The summed E-state index contributed by atoms with van der Waals surface area (Å²) >= 11 is 1.66. The smallest absolute Gasteiger partial charge is 0.246 e. The van der Waals surface area contributed by atoms with Gasteiger partial charge in [0.05, 0.1) is 16.8 Å². The van der Waals surface area contributed by atoms with Crippen molar-refractivity contribution in [3.05, 3.63) is 33.8 Å². The average Bonchev–Trinajstić information content (AvgIpc) is 3.40. The van der Waals surface area contributed by atoms with Crippen LogP contribution in [-0.2, 0) is 27.3 Å². The van der Waals surface area contributed by atoms with Crippen molar-refractivity contribution in [2.24, 2.45) is 7.05 Å². The van der Waals surface area contributed by atoms with E-state index in [0.717, 1.165) is 30.6 Å². The van der Waals surface area contributed by atoms with E-state index in [0.29, 0.717) is 48.9 Å². The van der Waals surface area contributed by atoms with E-state index in [4.69, 9.17) is 0 Å². The Morgan fingerprint density at radius 1 is 1.10 bits per heavy atom. The summed E-state index contributed by atoms with van der Waals surface area (Å²) in [6.07, 6.45) is 4.55. The molecule has 1 saturated carbocycles. The van der Waals surface area contributed by atoms with Crippen molar-refractivity contribution >= 4 is 27.3 Å². The lowest BCUT2D eigenvalue weighted by Gasteiger charge is -2.33. The fourth-order valence-corrected chi connectivity index (χ4v) is 7.84. The molecular formula is C21H30N4O3S2. The summed E-state index contributed by atoms with van der Waals surface area (Å²) in [5.41, 5.74) is 0.751. The lowest BCUT2D eigenvalue weighted by Crippen LogP contribution is -2.46. The fourth-order valence-electron chi connectivity index (χ4n) is 4.99. The van der Waals surface area contributed by atoms with Crippen LogP contribution in [0.5, 0.6) is 0 Å². The Labute approximate surface area is 182 Å². The topological polar surface area (TPSA) is 75.5 Å². The zero-order chi connectivity index (χ0) is 21.5. The predicted molar refractivity (Wildman–Crippen MR) is 117 cm³/mol.